The van der Waals surface area contributed by atoms with Gasteiger partial charge in [0.25, 0.3) is 15.9 Å². The van der Waals surface area contributed by atoms with Crippen molar-refractivity contribution in [1.82, 2.24) is 5.32 Å². The molecular weight excluding hydrogens is 336 g/mol. The molecule has 2 aromatic carbocycles. The Labute approximate surface area is 149 Å². The Morgan fingerprint density at radius 1 is 1.08 bits per heavy atom. The molecule has 0 atom stereocenters. The van der Waals surface area contributed by atoms with Gasteiger partial charge in [-0.3, -0.25) is 9.52 Å². The number of hydrogen-bond acceptors (Lipinski definition) is 3. The number of rotatable bonds is 7. The van der Waals surface area contributed by atoms with Crippen LogP contribution in [0.3, 0.4) is 0 Å². The van der Waals surface area contributed by atoms with E-state index >= 15 is 0 Å². The molecule has 1 amide bonds. The molecule has 2 rings (SSSR count). The summed E-state index contributed by atoms with van der Waals surface area (Å²) in [5.74, 6) is 0.0442. The Kier molecular flexibility index (Phi) is 6.20. The van der Waals surface area contributed by atoms with Crippen LogP contribution in [-0.2, 0) is 16.4 Å². The van der Waals surface area contributed by atoms with E-state index in [-0.39, 0.29) is 10.8 Å². The van der Waals surface area contributed by atoms with Crippen molar-refractivity contribution in [3.8, 4) is 0 Å². The van der Waals surface area contributed by atoms with Gasteiger partial charge in [0.1, 0.15) is 0 Å². The molecule has 0 unspecified atom stereocenters. The van der Waals surface area contributed by atoms with E-state index in [0.29, 0.717) is 23.7 Å². The predicted octanol–water partition coefficient (Wildman–Crippen LogP) is 3.44. The highest BCUT2D eigenvalue weighted by Crippen LogP contribution is 2.21. The second-order valence-electron chi connectivity index (χ2n) is 6.25. The maximum Gasteiger partial charge on any atom is 0.261 e. The second kappa shape index (κ2) is 8.16. The van der Waals surface area contributed by atoms with Gasteiger partial charge < -0.3 is 5.32 Å². The third kappa shape index (κ3) is 5.06. The summed E-state index contributed by atoms with van der Waals surface area (Å²) in [6, 6.07) is 13.3. The SMILES string of the molecule is CCc1ccccc1NS(=O)(=O)c1cccc(C(=O)NCC(C)C)c1. The Morgan fingerprint density at radius 3 is 2.48 bits per heavy atom. The number of amides is 1. The van der Waals surface area contributed by atoms with Crippen molar-refractivity contribution in [2.45, 2.75) is 32.1 Å². The molecule has 2 N–H and O–H groups in total. The molecule has 0 saturated carbocycles. The van der Waals surface area contributed by atoms with Crippen molar-refractivity contribution in [3.63, 3.8) is 0 Å². The fourth-order valence-electron chi connectivity index (χ4n) is 2.34. The molecule has 2 aromatic rings. The third-order valence-electron chi connectivity index (χ3n) is 3.72. The van der Waals surface area contributed by atoms with E-state index in [1.807, 2.05) is 32.9 Å². The summed E-state index contributed by atoms with van der Waals surface area (Å²) in [6.07, 6.45) is 0.719. The van der Waals surface area contributed by atoms with Gasteiger partial charge in [0.15, 0.2) is 0 Å². The van der Waals surface area contributed by atoms with E-state index in [2.05, 4.69) is 10.0 Å². The monoisotopic (exact) mass is 360 g/mol. The van der Waals surface area contributed by atoms with Gasteiger partial charge in [0.2, 0.25) is 0 Å². The van der Waals surface area contributed by atoms with Crippen LogP contribution in [0.25, 0.3) is 0 Å². The zero-order chi connectivity index (χ0) is 18.4. The quantitative estimate of drug-likeness (QED) is 0.794. The third-order valence-corrected chi connectivity index (χ3v) is 5.08. The van der Waals surface area contributed by atoms with Crippen molar-refractivity contribution in [2.24, 2.45) is 5.92 Å². The summed E-state index contributed by atoms with van der Waals surface area (Å²) in [5, 5.41) is 2.79. The number of carbonyl (C=O) groups excluding carboxylic acids is 1. The molecule has 25 heavy (non-hydrogen) atoms. The number of benzene rings is 2. The molecule has 0 aliphatic heterocycles. The highest BCUT2D eigenvalue weighted by Gasteiger charge is 2.17. The second-order valence-corrected chi connectivity index (χ2v) is 7.93. The van der Waals surface area contributed by atoms with Crippen LogP contribution in [-0.4, -0.2) is 20.9 Å². The van der Waals surface area contributed by atoms with Gasteiger partial charge >= 0.3 is 0 Å². The predicted molar refractivity (Wildman–Crippen MR) is 100 cm³/mol. The smallest absolute Gasteiger partial charge is 0.261 e. The van der Waals surface area contributed by atoms with Gasteiger partial charge in [0, 0.05) is 12.1 Å². The number of nitrogens with one attached hydrogen (secondary N) is 2. The van der Waals surface area contributed by atoms with Crippen molar-refractivity contribution >= 4 is 21.6 Å². The summed E-state index contributed by atoms with van der Waals surface area (Å²) in [7, 11) is -3.76. The molecule has 0 aromatic heterocycles. The minimum atomic E-state index is -3.76. The van der Waals surface area contributed by atoms with Crippen LogP contribution in [0.1, 0.15) is 36.7 Å². The van der Waals surface area contributed by atoms with Gasteiger partial charge in [-0.1, -0.05) is 45.0 Å². The van der Waals surface area contributed by atoms with Gasteiger partial charge in [-0.05, 0) is 42.2 Å². The Bertz CT molecular complexity index is 845. The van der Waals surface area contributed by atoms with E-state index in [4.69, 9.17) is 0 Å². The molecule has 0 saturated heterocycles. The van der Waals surface area contributed by atoms with E-state index < -0.39 is 10.0 Å². The normalized spacial score (nSPS) is 11.4. The average Bonchev–Trinajstić information content (AvgIpc) is 2.60. The van der Waals surface area contributed by atoms with Crippen molar-refractivity contribution in [2.75, 3.05) is 11.3 Å². The van der Waals surface area contributed by atoms with Crippen LogP contribution < -0.4 is 10.0 Å². The standard InChI is InChI=1S/C19H24N2O3S/c1-4-15-8-5-6-11-18(15)21-25(23,24)17-10-7-9-16(12-17)19(22)20-13-14(2)3/h5-12,14,21H,4,13H2,1-3H3,(H,20,22). The minimum absolute atomic E-state index is 0.0654. The molecule has 0 radical (unpaired) electrons. The summed E-state index contributed by atoms with van der Waals surface area (Å²) in [4.78, 5) is 12.2. The molecule has 134 valence electrons. The number of hydrogen-bond donors (Lipinski definition) is 2. The fraction of sp³-hybridized carbons (Fsp3) is 0.316. The van der Waals surface area contributed by atoms with Crippen molar-refractivity contribution in [1.29, 1.82) is 0 Å². The largest absolute Gasteiger partial charge is 0.352 e. The Hall–Kier alpha value is -2.34. The van der Waals surface area contributed by atoms with E-state index in [1.54, 1.807) is 24.3 Å². The first-order chi connectivity index (χ1) is 11.8. The molecule has 0 spiro atoms. The summed E-state index contributed by atoms with van der Waals surface area (Å²) in [5.41, 5.74) is 1.80. The highest BCUT2D eigenvalue weighted by molar-refractivity contribution is 7.92. The van der Waals surface area contributed by atoms with E-state index in [1.165, 1.54) is 12.1 Å². The molecule has 0 heterocycles. The zero-order valence-electron chi connectivity index (χ0n) is 14.7. The van der Waals surface area contributed by atoms with E-state index in [0.717, 1.165) is 12.0 Å². The molecule has 5 nitrogen and oxygen atoms in total. The van der Waals surface area contributed by atoms with Crippen molar-refractivity contribution < 1.29 is 13.2 Å². The lowest BCUT2D eigenvalue weighted by Gasteiger charge is -2.13. The molecule has 0 bridgehead atoms. The number of carbonyl (C=O) groups is 1. The van der Waals surface area contributed by atoms with Crippen LogP contribution in [0.2, 0.25) is 0 Å². The van der Waals surface area contributed by atoms with Gasteiger partial charge in [-0.15, -0.1) is 0 Å². The summed E-state index contributed by atoms with van der Waals surface area (Å²) >= 11 is 0. The van der Waals surface area contributed by atoms with Crippen LogP contribution in [0.5, 0.6) is 0 Å². The van der Waals surface area contributed by atoms with Crippen LogP contribution in [0.15, 0.2) is 53.4 Å². The molecule has 0 fully saturated rings. The summed E-state index contributed by atoms with van der Waals surface area (Å²) in [6.45, 7) is 6.50. The van der Waals surface area contributed by atoms with Crippen LogP contribution >= 0.6 is 0 Å². The first-order valence-corrected chi connectivity index (χ1v) is 9.80. The first-order valence-electron chi connectivity index (χ1n) is 8.32. The van der Waals surface area contributed by atoms with E-state index in [9.17, 15) is 13.2 Å². The lowest BCUT2D eigenvalue weighted by molar-refractivity contribution is 0.0949. The van der Waals surface area contributed by atoms with Crippen molar-refractivity contribution in [3.05, 3.63) is 59.7 Å². The highest BCUT2D eigenvalue weighted by atomic mass is 32.2. The molecule has 0 aliphatic carbocycles. The lowest BCUT2D eigenvalue weighted by atomic mass is 10.1. The lowest BCUT2D eigenvalue weighted by Crippen LogP contribution is -2.27. The maximum atomic E-state index is 12.7. The van der Waals surface area contributed by atoms with Gasteiger partial charge in [-0.2, -0.15) is 0 Å². The van der Waals surface area contributed by atoms with Crippen LogP contribution in [0, 0.1) is 5.92 Å². The van der Waals surface area contributed by atoms with Gasteiger partial charge in [0.05, 0.1) is 10.6 Å². The number of aryl methyl sites for hydroxylation is 1. The average molecular weight is 360 g/mol. The van der Waals surface area contributed by atoms with Gasteiger partial charge in [-0.25, -0.2) is 8.42 Å². The number of sulfonamides is 1. The number of para-hydroxylation sites is 1. The topological polar surface area (TPSA) is 75.3 Å². The van der Waals surface area contributed by atoms with Crippen LogP contribution in [0.4, 0.5) is 5.69 Å². The Morgan fingerprint density at radius 2 is 1.80 bits per heavy atom. The number of anilines is 1. The molecule has 6 heteroatoms. The fourth-order valence-corrected chi connectivity index (χ4v) is 3.48. The Balaban J connectivity index is 2.25. The zero-order valence-corrected chi connectivity index (χ0v) is 15.6. The first kappa shape index (κ1) is 19.0. The maximum absolute atomic E-state index is 12.7. The summed E-state index contributed by atoms with van der Waals surface area (Å²) < 4.78 is 27.9. The molecular formula is C19H24N2O3S. The minimum Gasteiger partial charge on any atom is -0.352 e. The molecule has 0 aliphatic rings.